The summed E-state index contributed by atoms with van der Waals surface area (Å²) in [6.07, 6.45) is 2.07. The molecule has 0 spiro atoms. The Morgan fingerprint density at radius 2 is 2.00 bits per heavy atom. The third-order valence-electron chi connectivity index (χ3n) is 4.45. The van der Waals surface area contributed by atoms with Gasteiger partial charge in [0.2, 0.25) is 0 Å². The molecule has 2 aliphatic carbocycles. The summed E-state index contributed by atoms with van der Waals surface area (Å²) in [4.78, 5) is 14.0. The largest absolute Gasteiger partial charge is 0.444 e. The first kappa shape index (κ1) is 11.3. The number of ether oxygens (including phenoxy) is 1. The Kier molecular flexibility index (Phi) is 2.25. The van der Waals surface area contributed by atoms with Crippen molar-refractivity contribution in [3.63, 3.8) is 0 Å². The third-order valence-corrected chi connectivity index (χ3v) is 4.45. The molecule has 4 nitrogen and oxygen atoms in total. The van der Waals surface area contributed by atoms with Crippen LogP contribution in [-0.4, -0.2) is 40.4 Å². The van der Waals surface area contributed by atoms with E-state index in [1.165, 1.54) is 6.42 Å². The predicted molar refractivity (Wildman–Crippen MR) is 62.4 cm³/mol. The van der Waals surface area contributed by atoms with E-state index in [2.05, 4.69) is 0 Å². The van der Waals surface area contributed by atoms with Crippen LogP contribution in [-0.2, 0) is 4.74 Å². The first-order chi connectivity index (χ1) is 7.92. The zero-order valence-electron chi connectivity index (χ0n) is 10.7. The van der Waals surface area contributed by atoms with Crippen LogP contribution in [0.4, 0.5) is 4.79 Å². The summed E-state index contributed by atoms with van der Waals surface area (Å²) in [5.41, 5.74) is -0.456. The molecule has 0 aromatic heterocycles. The Morgan fingerprint density at radius 3 is 2.59 bits per heavy atom. The van der Waals surface area contributed by atoms with Crippen LogP contribution in [0.1, 0.15) is 33.6 Å². The van der Waals surface area contributed by atoms with E-state index in [4.69, 9.17) is 4.74 Å². The van der Waals surface area contributed by atoms with Crippen molar-refractivity contribution >= 4 is 6.09 Å². The van der Waals surface area contributed by atoms with Crippen molar-refractivity contribution in [2.75, 3.05) is 6.61 Å². The van der Waals surface area contributed by atoms with Crippen LogP contribution in [0.15, 0.2) is 0 Å². The number of carbonyl (C=O) groups excluding carboxylic acids is 1. The Bertz CT molecular complexity index is 349. The van der Waals surface area contributed by atoms with Gasteiger partial charge in [-0.1, -0.05) is 0 Å². The quantitative estimate of drug-likeness (QED) is 0.756. The highest BCUT2D eigenvalue weighted by Crippen LogP contribution is 2.63. The SMILES string of the molecule is CC(C)(C)OC(=O)N1C(CO)C2CC1C1CC21. The predicted octanol–water partition coefficient (Wildman–Crippen LogP) is 1.62. The van der Waals surface area contributed by atoms with Crippen molar-refractivity contribution in [2.24, 2.45) is 17.8 Å². The normalized spacial score (nSPS) is 42.6. The van der Waals surface area contributed by atoms with E-state index < -0.39 is 5.60 Å². The van der Waals surface area contributed by atoms with Crippen molar-refractivity contribution in [2.45, 2.75) is 51.3 Å². The molecule has 1 heterocycles. The summed E-state index contributed by atoms with van der Waals surface area (Å²) in [6, 6.07) is 0.329. The fourth-order valence-electron chi connectivity index (χ4n) is 3.82. The second-order valence-corrected chi connectivity index (χ2v) is 6.67. The van der Waals surface area contributed by atoms with Gasteiger partial charge in [0.25, 0.3) is 0 Å². The summed E-state index contributed by atoms with van der Waals surface area (Å²) >= 11 is 0. The topological polar surface area (TPSA) is 49.8 Å². The first-order valence-corrected chi connectivity index (χ1v) is 6.54. The molecule has 1 saturated heterocycles. The van der Waals surface area contributed by atoms with Gasteiger partial charge in [-0.2, -0.15) is 0 Å². The molecule has 0 aromatic carbocycles. The number of rotatable bonds is 1. The van der Waals surface area contributed by atoms with E-state index in [1.807, 2.05) is 25.7 Å². The molecule has 0 aromatic rings. The van der Waals surface area contributed by atoms with Crippen LogP contribution in [0.2, 0.25) is 0 Å². The molecule has 3 aliphatic rings. The number of amides is 1. The van der Waals surface area contributed by atoms with Crippen LogP contribution in [0.5, 0.6) is 0 Å². The van der Waals surface area contributed by atoms with Gasteiger partial charge in [-0.05, 0) is 51.4 Å². The lowest BCUT2D eigenvalue weighted by molar-refractivity contribution is -0.00199. The number of carbonyl (C=O) groups is 1. The molecule has 1 amide bonds. The Labute approximate surface area is 102 Å². The van der Waals surface area contributed by atoms with Crippen LogP contribution in [0.3, 0.4) is 0 Å². The van der Waals surface area contributed by atoms with E-state index in [0.29, 0.717) is 17.9 Å². The molecular formula is C13H21NO3. The number of nitrogens with zero attached hydrogens (tertiary/aromatic N) is 1. The molecule has 0 radical (unpaired) electrons. The molecule has 1 N–H and O–H groups in total. The van der Waals surface area contributed by atoms with Gasteiger partial charge in [0.15, 0.2) is 0 Å². The van der Waals surface area contributed by atoms with Gasteiger partial charge in [0.05, 0.1) is 12.6 Å². The molecule has 5 unspecified atom stereocenters. The smallest absolute Gasteiger partial charge is 0.410 e. The number of fused-ring (bicyclic) bond motifs is 5. The highest BCUT2D eigenvalue weighted by molar-refractivity contribution is 5.70. The third kappa shape index (κ3) is 1.65. The van der Waals surface area contributed by atoms with Gasteiger partial charge in [-0.25, -0.2) is 4.79 Å². The van der Waals surface area contributed by atoms with Gasteiger partial charge >= 0.3 is 6.09 Å². The zero-order valence-corrected chi connectivity index (χ0v) is 10.7. The number of likely N-dealkylation sites (tertiary alicyclic amines) is 1. The van der Waals surface area contributed by atoms with Crippen molar-refractivity contribution < 1.29 is 14.6 Å². The fraction of sp³-hybridized carbons (Fsp3) is 0.923. The maximum Gasteiger partial charge on any atom is 0.410 e. The number of aliphatic hydroxyl groups excluding tert-OH is 1. The molecule has 5 atom stereocenters. The van der Waals surface area contributed by atoms with Crippen LogP contribution >= 0.6 is 0 Å². The minimum Gasteiger partial charge on any atom is -0.444 e. The minimum absolute atomic E-state index is 0.00130. The molecule has 96 valence electrons. The number of hydrogen-bond acceptors (Lipinski definition) is 3. The number of hydrogen-bond donors (Lipinski definition) is 1. The van der Waals surface area contributed by atoms with E-state index in [9.17, 15) is 9.90 Å². The molecule has 3 rings (SSSR count). The van der Waals surface area contributed by atoms with Crippen LogP contribution in [0.25, 0.3) is 0 Å². The van der Waals surface area contributed by atoms with Crippen LogP contribution in [0, 0.1) is 17.8 Å². The van der Waals surface area contributed by atoms with Crippen LogP contribution < -0.4 is 0 Å². The highest BCUT2D eigenvalue weighted by Gasteiger charge is 2.65. The summed E-state index contributed by atoms with van der Waals surface area (Å²) in [7, 11) is 0. The van der Waals surface area contributed by atoms with E-state index in [0.717, 1.165) is 12.3 Å². The van der Waals surface area contributed by atoms with Crippen molar-refractivity contribution in [1.82, 2.24) is 4.90 Å². The second kappa shape index (κ2) is 3.37. The van der Waals surface area contributed by atoms with Gasteiger partial charge in [0.1, 0.15) is 5.60 Å². The van der Waals surface area contributed by atoms with Crippen molar-refractivity contribution in [1.29, 1.82) is 0 Å². The molecule has 17 heavy (non-hydrogen) atoms. The molecule has 4 heteroatoms. The van der Waals surface area contributed by atoms with Gasteiger partial charge < -0.3 is 9.84 Å². The monoisotopic (exact) mass is 239 g/mol. The first-order valence-electron chi connectivity index (χ1n) is 6.54. The maximum atomic E-state index is 12.2. The van der Waals surface area contributed by atoms with Gasteiger partial charge in [-0.15, -0.1) is 0 Å². The lowest BCUT2D eigenvalue weighted by Gasteiger charge is -2.35. The summed E-state index contributed by atoms with van der Waals surface area (Å²) in [5, 5.41) is 9.49. The Balaban J connectivity index is 1.76. The second-order valence-electron chi connectivity index (χ2n) is 6.67. The maximum absolute atomic E-state index is 12.2. The number of aliphatic hydroxyl groups is 1. The van der Waals surface area contributed by atoms with Crippen molar-refractivity contribution in [3.8, 4) is 0 Å². The summed E-state index contributed by atoms with van der Waals surface area (Å²) in [5.74, 6) is 1.98. The van der Waals surface area contributed by atoms with Crippen molar-refractivity contribution in [3.05, 3.63) is 0 Å². The Morgan fingerprint density at radius 1 is 1.29 bits per heavy atom. The van der Waals surface area contributed by atoms with E-state index in [-0.39, 0.29) is 18.7 Å². The average molecular weight is 239 g/mol. The lowest BCUT2D eigenvalue weighted by Crippen LogP contribution is -2.49. The average Bonchev–Trinajstić information content (AvgIpc) is 2.82. The van der Waals surface area contributed by atoms with Gasteiger partial charge in [-0.3, -0.25) is 4.90 Å². The van der Waals surface area contributed by atoms with Gasteiger partial charge in [0, 0.05) is 6.04 Å². The van der Waals surface area contributed by atoms with E-state index >= 15 is 0 Å². The summed E-state index contributed by atoms with van der Waals surface area (Å²) < 4.78 is 5.45. The lowest BCUT2D eigenvalue weighted by atomic mass is 9.97. The molecule has 3 fully saturated rings. The summed E-state index contributed by atoms with van der Waals surface area (Å²) in [6.45, 7) is 5.72. The minimum atomic E-state index is -0.456. The molecule has 2 bridgehead atoms. The highest BCUT2D eigenvalue weighted by atomic mass is 16.6. The fourth-order valence-corrected chi connectivity index (χ4v) is 3.82. The molecule has 2 saturated carbocycles. The van der Waals surface area contributed by atoms with E-state index in [1.54, 1.807) is 0 Å². The molecule has 1 aliphatic heterocycles. The molecular weight excluding hydrogens is 218 g/mol. The standard InChI is InChI=1S/C13H21NO3/c1-13(2,3)17-12(16)14-10-5-9(11(14)6-15)7-4-8(7)10/h7-11,15H,4-6H2,1-3H3. The Hall–Kier alpha value is -0.770. The number of piperidine rings is 1. The zero-order chi connectivity index (χ0) is 12.4.